The normalized spacial score (nSPS) is 17.1. The van der Waals surface area contributed by atoms with Crippen LogP contribution in [0.5, 0.6) is 0 Å². The molecule has 25 heavy (non-hydrogen) atoms. The van der Waals surface area contributed by atoms with E-state index in [1.54, 1.807) is 6.26 Å². The lowest BCUT2D eigenvalue weighted by molar-refractivity contribution is 0.0704. The lowest BCUT2D eigenvalue weighted by atomic mass is 10.1. The highest BCUT2D eigenvalue weighted by molar-refractivity contribution is 7.14. The van der Waals surface area contributed by atoms with E-state index in [1.165, 1.54) is 11.3 Å². The third kappa shape index (κ3) is 3.35. The average molecular weight is 360 g/mol. The number of aryl methyl sites for hydroxylation is 1. The molecule has 2 aromatic heterocycles. The van der Waals surface area contributed by atoms with Gasteiger partial charge in [0.2, 0.25) is 0 Å². The first-order valence-electron chi connectivity index (χ1n) is 8.80. The second-order valence-corrected chi connectivity index (χ2v) is 7.38. The minimum Gasteiger partial charge on any atom is -0.459 e. The fourth-order valence-corrected chi connectivity index (χ4v) is 4.47. The number of hydrogen-bond acceptors (Lipinski definition) is 4. The van der Waals surface area contributed by atoms with Crippen LogP contribution in [-0.2, 0) is 0 Å². The second kappa shape index (κ2) is 7.44. The van der Waals surface area contributed by atoms with Gasteiger partial charge in [0.25, 0.3) is 11.8 Å². The van der Waals surface area contributed by atoms with E-state index >= 15 is 0 Å². The molecule has 1 aliphatic rings. The Morgan fingerprint density at radius 2 is 2.04 bits per heavy atom. The summed E-state index contributed by atoms with van der Waals surface area (Å²) in [5, 5.41) is 0. The van der Waals surface area contributed by atoms with Crippen LogP contribution in [-0.4, -0.2) is 41.2 Å². The van der Waals surface area contributed by atoms with Gasteiger partial charge >= 0.3 is 0 Å². The first-order valence-corrected chi connectivity index (χ1v) is 9.62. The van der Waals surface area contributed by atoms with Crippen molar-refractivity contribution in [3.05, 3.63) is 45.5 Å². The SMILES string of the molecule is CCN(CC)C(=O)c1ccc(C2CCCN2C(=O)c2occc2C)s1. The van der Waals surface area contributed by atoms with Crippen molar-refractivity contribution in [3.63, 3.8) is 0 Å². The fourth-order valence-electron chi connectivity index (χ4n) is 3.34. The van der Waals surface area contributed by atoms with Crippen LogP contribution in [0.25, 0.3) is 0 Å². The molecule has 134 valence electrons. The molecule has 2 aromatic rings. The number of hydrogen-bond donors (Lipinski definition) is 0. The number of carbonyl (C=O) groups excluding carboxylic acids is 2. The lowest BCUT2D eigenvalue weighted by Gasteiger charge is -2.23. The number of furan rings is 1. The molecule has 0 saturated carbocycles. The van der Waals surface area contributed by atoms with E-state index in [9.17, 15) is 9.59 Å². The van der Waals surface area contributed by atoms with E-state index < -0.39 is 0 Å². The molecule has 0 radical (unpaired) electrons. The maximum atomic E-state index is 12.8. The predicted molar refractivity (Wildman–Crippen MR) is 98.0 cm³/mol. The first kappa shape index (κ1) is 17.7. The van der Waals surface area contributed by atoms with E-state index in [4.69, 9.17) is 4.42 Å². The molecule has 1 unspecified atom stereocenters. The summed E-state index contributed by atoms with van der Waals surface area (Å²) in [6.07, 6.45) is 3.44. The van der Waals surface area contributed by atoms with Crippen molar-refractivity contribution in [1.82, 2.24) is 9.80 Å². The van der Waals surface area contributed by atoms with Gasteiger partial charge in [0.15, 0.2) is 5.76 Å². The molecule has 5 nitrogen and oxygen atoms in total. The summed E-state index contributed by atoms with van der Waals surface area (Å²) in [4.78, 5) is 30.9. The number of thiophene rings is 1. The highest BCUT2D eigenvalue weighted by Crippen LogP contribution is 2.37. The molecule has 0 aromatic carbocycles. The molecular weight excluding hydrogens is 336 g/mol. The van der Waals surface area contributed by atoms with Crippen molar-refractivity contribution in [1.29, 1.82) is 0 Å². The van der Waals surface area contributed by atoms with Crippen LogP contribution in [0.4, 0.5) is 0 Å². The quantitative estimate of drug-likeness (QED) is 0.806. The summed E-state index contributed by atoms with van der Waals surface area (Å²) in [7, 11) is 0. The highest BCUT2D eigenvalue weighted by Gasteiger charge is 2.34. The van der Waals surface area contributed by atoms with Gasteiger partial charge in [-0.1, -0.05) is 0 Å². The first-order chi connectivity index (χ1) is 12.1. The Morgan fingerprint density at radius 1 is 1.28 bits per heavy atom. The molecule has 2 amide bonds. The van der Waals surface area contributed by atoms with Crippen molar-refractivity contribution in [2.24, 2.45) is 0 Å². The van der Waals surface area contributed by atoms with Gasteiger partial charge in [-0.25, -0.2) is 0 Å². The molecule has 1 fully saturated rings. The van der Waals surface area contributed by atoms with E-state index in [-0.39, 0.29) is 17.9 Å². The molecule has 1 saturated heterocycles. The second-order valence-electron chi connectivity index (χ2n) is 6.27. The van der Waals surface area contributed by atoms with Gasteiger partial charge in [0, 0.05) is 30.1 Å². The van der Waals surface area contributed by atoms with Crippen molar-refractivity contribution >= 4 is 23.2 Å². The summed E-state index contributed by atoms with van der Waals surface area (Å²) in [6, 6.07) is 5.72. The van der Waals surface area contributed by atoms with Gasteiger partial charge in [-0.3, -0.25) is 9.59 Å². The third-order valence-corrected chi connectivity index (χ3v) is 5.96. The monoisotopic (exact) mass is 360 g/mol. The molecule has 0 bridgehead atoms. The lowest BCUT2D eigenvalue weighted by Crippen LogP contribution is -2.30. The molecule has 0 N–H and O–H groups in total. The maximum absolute atomic E-state index is 12.8. The topological polar surface area (TPSA) is 53.8 Å². The van der Waals surface area contributed by atoms with Gasteiger partial charge < -0.3 is 14.2 Å². The zero-order valence-corrected chi connectivity index (χ0v) is 15.8. The zero-order valence-electron chi connectivity index (χ0n) is 14.9. The molecule has 0 aliphatic carbocycles. The van der Waals surface area contributed by atoms with Gasteiger partial charge in [-0.2, -0.15) is 0 Å². The Kier molecular flexibility index (Phi) is 5.27. The minimum atomic E-state index is -0.0602. The molecule has 3 rings (SSSR count). The average Bonchev–Trinajstić information content (AvgIpc) is 3.35. The molecule has 3 heterocycles. The molecule has 1 atom stereocenters. The Labute approximate surface area is 152 Å². The maximum Gasteiger partial charge on any atom is 0.290 e. The van der Waals surface area contributed by atoms with E-state index in [1.807, 2.05) is 48.8 Å². The largest absolute Gasteiger partial charge is 0.459 e. The van der Waals surface area contributed by atoms with Gasteiger partial charge in [-0.05, 0) is 51.8 Å². The highest BCUT2D eigenvalue weighted by atomic mass is 32.1. The summed E-state index contributed by atoms with van der Waals surface area (Å²) in [6.45, 7) is 7.98. The molecular formula is C19H24N2O3S. The zero-order chi connectivity index (χ0) is 18.0. The van der Waals surface area contributed by atoms with Crippen LogP contribution in [0.15, 0.2) is 28.9 Å². The summed E-state index contributed by atoms with van der Waals surface area (Å²) in [5.74, 6) is 0.428. The predicted octanol–water partition coefficient (Wildman–Crippen LogP) is 4.11. The summed E-state index contributed by atoms with van der Waals surface area (Å²) < 4.78 is 5.38. The Balaban J connectivity index is 1.81. The molecule has 6 heteroatoms. The van der Waals surface area contributed by atoms with Gasteiger partial charge in [-0.15, -0.1) is 11.3 Å². The molecule has 0 spiro atoms. The molecule has 1 aliphatic heterocycles. The Morgan fingerprint density at radius 3 is 2.68 bits per heavy atom. The minimum absolute atomic E-state index is 0.0280. The van der Waals surface area contributed by atoms with E-state index in [0.717, 1.165) is 34.7 Å². The summed E-state index contributed by atoms with van der Waals surface area (Å²) >= 11 is 1.50. The standard InChI is InChI=1S/C19H24N2O3S/c1-4-20(5-2)18(22)16-9-8-15(25-16)14-7-6-11-21(14)19(23)17-13(3)10-12-24-17/h8-10,12,14H,4-7,11H2,1-3H3. The Hall–Kier alpha value is -2.08. The number of carbonyl (C=O) groups is 2. The van der Waals surface area contributed by atoms with Crippen molar-refractivity contribution in [2.75, 3.05) is 19.6 Å². The van der Waals surface area contributed by atoms with Crippen molar-refractivity contribution in [3.8, 4) is 0 Å². The van der Waals surface area contributed by atoms with Crippen LogP contribution < -0.4 is 0 Å². The number of nitrogens with zero attached hydrogens (tertiary/aromatic N) is 2. The summed E-state index contributed by atoms with van der Waals surface area (Å²) in [5.41, 5.74) is 0.860. The van der Waals surface area contributed by atoms with Crippen LogP contribution in [0.2, 0.25) is 0 Å². The third-order valence-electron chi connectivity index (χ3n) is 4.79. The fraction of sp³-hybridized carbons (Fsp3) is 0.474. The Bertz CT molecular complexity index is 760. The smallest absolute Gasteiger partial charge is 0.290 e. The van der Waals surface area contributed by atoms with E-state index in [0.29, 0.717) is 18.8 Å². The number of likely N-dealkylation sites (tertiary alicyclic amines) is 1. The van der Waals surface area contributed by atoms with Crippen molar-refractivity contribution < 1.29 is 14.0 Å². The van der Waals surface area contributed by atoms with Crippen LogP contribution >= 0.6 is 11.3 Å². The van der Waals surface area contributed by atoms with Crippen LogP contribution in [0.3, 0.4) is 0 Å². The van der Waals surface area contributed by atoms with E-state index in [2.05, 4.69) is 0 Å². The number of rotatable bonds is 5. The van der Waals surface area contributed by atoms with Gasteiger partial charge in [0.05, 0.1) is 17.2 Å². The van der Waals surface area contributed by atoms with Crippen molar-refractivity contribution in [2.45, 2.75) is 39.7 Å². The number of amides is 2. The van der Waals surface area contributed by atoms with Crippen LogP contribution in [0.1, 0.15) is 63.4 Å². The van der Waals surface area contributed by atoms with Gasteiger partial charge in [0.1, 0.15) is 0 Å². The van der Waals surface area contributed by atoms with Crippen LogP contribution in [0, 0.1) is 6.92 Å².